The van der Waals surface area contributed by atoms with E-state index in [-0.39, 0.29) is 17.7 Å². The highest BCUT2D eigenvalue weighted by atomic mass is 16.5. The average Bonchev–Trinajstić information content (AvgIpc) is 2.95. The molecular formula is C22H29N3O5. The molecule has 0 unspecified atom stereocenters. The fourth-order valence-corrected chi connectivity index (χ4v) is 4.30. The number of nitrogens with zero attached hydrogens (tertiary/aromatic N) is 2. The molecule has 0 bridgehead atoms. The van der Waals surface area contributed by atoms with Gasteiger partial charge in [-0.1, -0.05) is 50.1 Å². The van der Waals surface area contributed by atoms with Crippen LogP contribution >= 0.6 is 0 Å². The number of amides is 4. The number of rotatable bonds is 6. The summed E-state index contributed by atoms with van der Waals surface area (Å²) in [5.41, 5.74) is 0.0329. The molecule has 2 fully saturated rings. The monoisotopic (exact) mass is 415 g/mol. The molecule has 1 aliphatic carbocycles. The van der Waals surface area contributed by atoms with Gasteiger partial charge < -0.3 is 15.0 Å². The Morgan fingerprint density at radius 3 is 2.63 bits per heavy atom. The van der Waals surface area contributed by atoms with Crippen LogP contribution in [-0.4, -0.2) is 58.8 Å². The number of esters is 1. The number of likely N-dealkylation sites (N-methyl/N-ethyl adjacent to an activating group) is 1. The lowest BCUT2D eigenvalue weighted by Crippen LogP contribution is -2.54. The molecular weight excluding hydrogens is 386 g/mol. The van der Waals surface area contributed by atoms with E-state index in [1.165, 1.54) is 11.8 Å². The Balaban J connectivity index is 1.56. The van der Waals surface area contributed by atoms with Gasteiger partial charge in [-0.15, -0.1) is 0 Å². The van der Waals surface area contributed by atoms with Crippen LogP contribution in [0.15, 0.2) is 30.3 Å². The zero-order valence-electron chi connectivity index (χ0n) is 17.7. The number of nitrogens with one attached hydrogen (secondary N) is 1. The van der Waals surface area contributed by atoms with Gasteiger partial charge in [0.15, 0.2) is 6.10 Å². The second-order valence-electron chi connectivity index (χ2n) is 8.25. The first-order valence-electron chi connectivity index (χ1n) is 10.4. The van der Waals surface area contributed by atoms with Crippen molar-refractivity contribution in [2.75, 3.05) is 13.6 Å². The summed E-state index contributed by atoms with van der Waals surface area (Å²) in [6, 6.07) is 8.89. The van der Waals surface area contributed by atoms with Crippen molar-refractivity contribution in [1.82, 2.24) is 15.1 Å². The van der Waals surface area contributed by atoms with Gasteiger partial charge in [0.2, 0.25) is 0 Å². The second kappa shape index (κ2) is 8.85. The molecule has 1 saturated heterocycles. The summed E-state index contributed by atoms with van der Waals surface area (Å²) in [6.45, 7) is 3.31. The van der Waals surface area contributed by atoms with E-state index in [9.17, 15) is 19.2 Å². The number of hydrogen-bond donors (Lipinski definition) is 1. The van der Waals surface area contributed by atoms with Crippen molar-refractivity contribution >= 4 is 23.8 Å². The first kappa shape index (κ1) is 21.8. The molecule has 162 valence electrons. The SMILES string of the molecule is C[C@H](OC(=O)CN1C(=O)N[C@]2(CCCC[C@@H]2C)C1=O)C(=O)N(C)Cc1ccccc1. The van der Waals surface area contributed by atoms with Crippen molar-refractivity contribution in [3.05, 3.63) is 35.9 Å². The number of benzene rings is 1. The van der Waals surface area contributed by atoms with Gasteiger partial charge in [-0.3, -0.25) is 19.3 Å². The quantitative estimate of drug-likeness (QED) is 0.567. The maximum absolute atomic E-state index is 12.9. The number of carbonyl (C=O) groups excluding carboxylic acids is 4. The minimum Gasteiger partial charge on any atom is -0.451 e. The van der Waals surface area contributed by atoms with Crippen LogP contribution in [0.4, 0.5) is 4.79 Å². The zero-order valence-corrected chi connectivity index (χ0v) is 17.7. The zero-order chi connectivity index (χ0) is 21.9. The normalized spacial score (nSPS) is 24.5. The summed E-state index contributed by atoms with van der Waals surface area (Å²) in [4.78, 5) is 52.6. The third-order valence-corrected chi connectivity index (χ3v) is 6.08. The van der Waals surface area contributed by atoms with Crippen molar-refractivity contribution in [1.29, 1.82) is 0 Å². The highest BCUT2D eigenvalue weighted by Crippen LogP contribution is 2.38. The van der Waals surface area contributed by atoms with Crippen molar-refractivity contribution in [3.8, 4) is 0 Å². The van der Waals surface area contributed by atoms with Crippen LogP contribution in [0.2, 0.25) is 0 Å². The van der Waals surface area contributed by atoms with E-state index in [1.54, 1.807) is 7.05 Å². The van der Waals surface area contributed by atoms with Gasteiger partial charge in [0.1, 0.15) is 12.1 Å². The number of carbonyl (C=O) groups is 4. The topological polar surface area (TPSA) is 96.0 Å². The Labute approximate surface area is 176 Å². The summed E-state index contributed by atoms with van der Waals surface area (Å²) in [5, 5.41) is 2.80. The molecule has 3 rings (SSSR count). The number of hydrogen-bond acceptors (Lipinski definition) is 5. The second-order valence-corrected chi connectivity index (χ2v) is 8.25. The average molecular weight is 415 g/mol. The first-order chi connectivity index (χ1) is 14.2. The Bertz CT molecular complexity index is 827. The summed E-state index contributed by atoms with van der Waals surface area (Å²) in [6.07, 6.45) is 2.28. The molecule has 2 aliphatic rings. The van der Waals surface area contributed by atoms with Gasteiger partial charge in [0.25, 0.3) is 11.8 Å². The highest BCUT2D eigenvalue weighted by molar-refractivity contribution is 6.09. The predicted octanol–water partition coefficient (Wildman–Crippen LogP) is 2.08. The largest absolute Gasteiger partial charge is 0.451 e. The molecule has 1 aromatic carbocycles. The molecule has 1 spiro atoms. The van der Waals surface area contributed by atoms with E-state index in [1.807, 2.05) is 37.3 Å². The number of ether oxygens (including phenoxy) is 1. The minimum absolute atomic E-state index is 0.0101. The van der Waals surface area contributed by atoms with Crippen LogP contribution in [0, 0.1) is 5.92 Å². The van der Waals surface area contributed by atoms with Gasteiger partial charge in [0, 0.05) is 13.6 Å². The molecule has 0 aromatic heterocycles. The van der Waals surface area contributed by atoms with Gasteiger partial charge in [-0.25, -0.2) is 4.79 Å². The fourth-order valence-electron chi connectivity index (χ4n) is 4.30. The van der Waals surface area contributed by atoms with E-state index in [0.29, 0.717) is 13.0 Å². The van der Waals surface area contributed by atoms with Crippen LogP contribution in [0.3, 0.4) is 0 Å². The summed E-state index contributed by atoms with van der Waals surface area (Å²) < 4.78 is 5.23. The van der Waals surface area contributed by atoms with Gasteiger partial charge in [-0.05, 0) is 31.2 Å². The summed E-state index contributed by atoms with van der Waals surface area (Å²) >= 11 is 0. The first-order valence-corrected chi connectivity index (χ1v) is 10.4. The van der Waals surface area contributed by atoms with Crippen LogP contribution in [0.1, 0.15) is 45.1 Å². The molecule has 0 radical (unpaired) electrons. The van der Waals surface area contributed by atoms with E-state index in [4.69, 9.17) is 4.74 Å². The van der Waals surface area contributed by atoms with Gasteiger partial charge in [-0.2, -0.15) is 0 Å². The van der Waals surface area contributed by atoms with E-state index < -0.39 is 30.2 Å². The predicted molar refractivity (Wildman–Crippen MR) is 109 cm³/mol. The standard InChI is InChI=1S/C22H29N3O5/c1-15-9-7-8-12-22(15)20(28)25(21(29)23-22)14-18(26)30-16(2)19(27)24(3)13-17-10-5-4-6-11-17/h4-6,10-11,15-16H,7-9,12-14H2,1-3H3,(H,23,29)/t15-,16-,22-/m0/s1. The molecule has 8 heteroatoms. The van der Waals surface area contributed by atoms with E-state index in [2.05, 4.69) is 5.32 Å². The van der Waals surface area contributed by atoms with Crippen LogP contribution < -0.4 is 5.32 Å². The minimum atomic E-state index is -1.02. The lowest BCUT2D eigenvalue weighted by Gasteiger charge is -2.36. The van der Waals surface area contributed by atoms with Gasteiger partial charge in [0.05, 0.1) is 0 Å². The maximum Gasteiger partial charge on any atom is 0.327 e. The molecule has 30 heavy (non-hydrogen) atoms. The summed E-state index contributed by atoms with van der Waals surface area (Å²) in [5.74, 6) is -1.51. The third-order valence-electron chi connectivity index (χ3n) is 6.08. The van der Waals surface area contributed by atoms with Crippen molar-refractivity contribution in [3.63, 3.8) is 0 Å². The summed E-state index contributed by atoms with van der Waals surface area (Å²) in [7, 11) is 1.63. The molecule has 1 N–H and O–H groups in total. The van der Waals surface area contributed by atoms with Crippen molar-refractivity contribution in [2.45, 2.75) is 57.7 Å². The van der Waals surface area contributed by atoms with Gasteiger partial charge >= 0.3 is 12.0 Å². The number of imide groups is 1. The lowest BCUT2D eigenvalue weighted by molar-refractivity contribution is -0.160. The van der Waals surface area contributed by atoms with Crippen LogP contribution in [0.25, 0.3) is 0 Å². The Morgan fingerprint density at radius 2 is 1.97 bits per heavy atom. The van der Waals surface area contributed by atoms with E-state index in [0.717, 1.165) is 29.7 Å². The molecule has 4 amide bonds. The molecule has 8 nitrogen and oxygen atoms in total. The Kier molecular flexibility index (Phi) is 6.43. The van der Waals surface area contributed by atoms with E-state index >= 15 is 0 Å². The lowest BCUT2D eigenvalue weighted by atomic mass is 9.73. The Morgan fingerprint density at radius 1 is 1.27 bits per heavy atom. The maximum atomic E-state index is 12.9. The number of urea groups is 1. The fraction of sp³-hybridized carbons (Fsp3) is 0.545. The molecule has 1 heterocycles. The van der Waals surface area contributed by atoms with Crippen LogP contribution in [-0.2, 0) is 25.7 Å². The van der Waals surface area contributed by atoms with Crippen molar-refractivity contribution in [2.24, 2.45) is 5.92 Å². The molecule has 1 saturated carbocycles. The molecule has 1 aliphatic heterocycles. The van der Waals surface area contributed by atoms with Crippen molar-refractivity contribution < 1.29 is 23.9 Å². The van der Waals surface area contributed by atoms with Crippen LogP contribution in [0.5, 0.6) is 0 Å². The molecule has 3 atom stereocenters. The Hall–Kier alpha value is -2.90. The smallest absolute Gasteiger partial charge is 0.327 e. The third kappa shape index (κ3) is 4.32. The highest BCUT2D eigenvalue weighted by Gasteiger charge is 2.55. The molecule has 1 aromatic rings.